The van der Waals surface area contributed by atoms with Crippen LogP contribution in [0.2, 0.25) is 0 Å². The fourth-order valence-corrected chi connectivity index (χ4v) is 3.55. The van der Waals surface area contributed by atoms with Crippen molar-refractivity contribution < 1.29 is 4.79 Å². The molecule has 5 nitrogen and oxygen atoms in total. The minimum atomic E-state index is -0.419. The molecule has 1 aliphatic heterocycles. The number of amides is 1. The smallest absolute Gasteiger partial charge is 0.250 e. The van der Waals surface area contributed by atoms with Crippen LogP contribution in [-0.2, 0) is 18.3 Å². The molecule has 1 aromatic rings. The second kappa shape index (κ2) is 4.79. The van der Waals surface area contributed by atoms with E-state index < -0.39 is 5.54 Å². The average molecular weight is 276 g/mol. The first-order valence-corrected chi connectivity index (χ1v) is 7.75. The number of hydrogen-bond acceptors (Lipinski definition) is 3. The molecule has 1 aliphatic carbocycles. The van der Waals surface area contributed by atoms with Crippen LogP contribution >= 0.6 is 0 Å². The van der Waals surface area contributed by atoms with E-state index in [2.05, 4.69) is 29.6 Å². The van der Waals surface area contributed by atoms with Crippen molar-refractivity contribution in [3.63, 3.8) is 0 Å². The van der Waals surface area contributed by atoms with Gasteiger partial charge in [0.05, 0.1) is 5.69 Å². The molecule has 5 heteroatoms. The highest BCUT2D eigenvalue weighted by Gasteiger charge is 2.45. The second-order valence-corrected chi connectivity index (χ2v) is 6.16. The minimum Gasteiger partial charge on any atom is -0.354 e. The molecule has 0 atom stereocenters. The number of carbonyl (C=O) groups excluding carboxylic acids is 1. The molecular formula is C15H24N4O. The third kappa shape index (κ3) is 1.91. The van der Waals surface area contributed by atoms with E-state index in [1.54, 1.807) is 0 Å². The van der Waals surface area contributed by atoms with Gasteiger partial charge in [-0.05, 0) is 38.0 Å². The van der Waals surface area contributed by atoms with Crippen molar-refractivity contribution >= 4 is 17.4 Å². The molecule has 0 saturated heterocycles. The predicted octanol–water partition coefficient (Wildman–Crippen LogP) is 2.69. The molecular weight excluding hydrogens is 252 g/mol. The molecule has 0 aromatic carbocycles. The van der Waals surface area contributed by atoms with Crippen molar-refractivity contribution in [3.8, 4) is 0 Å². The standard InChI is InChI=1S/C15H24N4O/c1-4-10-6-8-15(9-7-10)14(20)16-12-11(5-2)18-19(3)13(12)17-15/h10,17H,4-9H2,1-3H3,(H,16,20). The van der Waals surface area contributed by atoms with Crippen LogP contribution in [0.4, 0.5) is 11.5 Å². The van der Waals surface area contributed by atoms with E-state index in [0.717, 1.165) is 55.2 Å². The van der Waals surface area contributed by atoms with Crippen LogP contribution in [0.1, 0.15) is 51.6 Å². The third-order valence-electron chi connectivity index (χ3n) is 5.02. The average Bonchev–Trinajstić information content (AvgIpc) is 2.76. The Kier molecular flexibility index (Phi) is 3.22. The molecule has 0 radical (unpaired) electrons. The third-order valence-corrected chi connectivity index (χ3v) is 5.02. The summed E-state index contributed by atoms with van der Waals surface area (Å²) in [6.45, 7) is 4.30. The molecule has 0 unspecified atom stereocenters. The molecule has 1 saturated carbocycles. The molecule has 1 aromatic heterocycles. The highest BCUT2D eigenvalue weighted by Crippen LogP contribution is 2.42. The van der Waals surface area contributed by atoms with Crippen LogP contribution in [-0.4, -0.2) is 21.2 Å². The van der Waals surface area contributed by atoms with Crippen LogP contribution < -0.4 is 10.6 Å². The van der Waals surface area contributed by atoms with Gasteiger partial charge in [-0.3, -0.25) is 9.48 Å². The molecule has 0 bridgehead atoms. The van der Waals surface area contributed by atoms with Crippen LogP contribution in [0, 0.1) is 5.92 Å². The lowest BCUT2D eigenvalue weighted by Crippen LogP contribution is -2.54. The molecule has 1 amide bonds. The zero-order valence-electron chi connectivity index (χ0n) is 12.6. The van der Waals surface area contributed by atoms with Crippen LogP contribution in [0.25, 0.3) is 0 Å². The summed E-state index contributed by atoms with van der Waals surface area (Å²) in [4.78, 5) is 12.6. The Labute approximate surface area is 120 Å². The van der Waals surface area contributed by atoms with Gasteiger partial charge in [-0.25, -0.2) is 0 Å². The largest absolute Gasteiger partial charge is 0.354 e. The summed E-state index contributed by atoms with van der Waals surface area (Å²) < 4.78 is 1.86. The number of hydrogen-bond donors (Lipinski definition) is 2. The van der Waals surface area contributed by atoms with Gasteiger partial charge < -0.3 is 10.6 Å². The Hall–Kier alpha value is -1.52. The van der Waals surface area contributed by atoms with Gasteiger partial charge in [-0.15, -0.1) is 0 Å². The number of nitrogens with one attached hydrogen (secondary N) is 2. The Bertz CT molecular complexity index is 526. The molecule has 2 heterocycles. The molecule has 3 rings (SSSR count). The fraction of sp³-hybridized carbons (Fsp3) is 0.733. The van der Waals surface area contributed by atoms with Crippen molar-refractivity contribution in [1.82, 2.24) is 9.78 Å². The van der Waals surface area contributed by atoms with Crippen molar-refractivity contribution in [2.45, 2.75) is 57.9 Å². The summed E-state index contributed by atoms with van der Waals surface area (Å²) in [6, 6.07) is 0. The zero-order valence-corrected chi connectivity index (χ0v) is 12.6. The topological polar surface area (TPSA) is 59.0 Å². The van der Waals surface area contributed by atoms with Crippen molar-refractivity contribution in [3.05, 3.63) is 5.69 Å². The first kappa shape index (κ1) is 13.5. The van der Waals surface area contributed by atoms with Crippen LogP contribution in [0.3, 0.4) is 0 Å². The minimum absolute atomic E-state index is 0.127. The summed E-state index contributed by atoms with van der Waals surface area (Å²) in [5.41, 5.74) is 1.42. The first-order chi connectivity index (χ1) is 9.59. The van der Waals surface area contributed by atoms with Gasteiger partial charge in [0.15, 0.2) is 0 Å². The number of aromatic nitrogens is 2. The summed E-state index contributed by atoms with van der Waals surface area (Å²) >= 11 is 0. The van der Waals surface area contributed by atoms with Crippen LogP contribution in [0.15, 0.2) is 0 Å². The van der Waals surface area contributed by atoms with Gasteiger partial charge in [-0.2, -0.15) is 5.10 Å². The maximum Gasteiger partial charge on any atom is 0.250 e. The number of anilines is 2. The first-order valence-electron chi connectivity index (χ1n) is 7.75. The fourth-order valence-electron chi connectivity index (χ4n) is 3.55. The summed E-state index contributed by atoms with van der Waals surface area (Å²) in [5.74, 6) is 1.87. The van der Waals surface area contributed by atoms with Gasteiger partial charge in [0.25, 0.3) is 0 Å². The Balaban J connectivity index is 1.90. The monoisotopic (exact) mass is 276 g/mol. The normalized spacial score (nSPS) is 28.9. The molecule has 110 valence electrons. The lowest BCUT2D eigenvalue weighted by atomic mass is 9.74. The SMILES string of the molecule is CCc1nn(C)c2c1NC(=O)C1(CCC(CC)CC1)N2. The van der Waals surface area contributed by atoms with Gasteiger partial charge in [0.2, 0.25) is 5.91 Å². The Morgan fingerprint density at radius 1 is 1.35 bits per heavy atom. The van der Waals surface area contributed by atoms with Crippen molar-refractivity contribution in [2.75, 3.05) is 10.6 Å². The molecule has 1 fully saturated rings. The molecule has 1 spiro atoms. The summed E-state index contributed by atoms with van der Waals surface area (Å²) in [6.07, 6.45) is 6.15. The van der Waals surface area contributed by atoms with Gasteiger partial charge in [0, 0.05) is 7.05 Å². The van der Waals surface area contributed by atoms with Crippen molar-refractivity contribution in [2.24, 2.45) is 13.0 Å². The van der Waals surface area contributed by atoms with Gasteiger partial charge in [-0.1, -0.05) is 20.3 Å². The van der Waals surface area contributed by atoms with E-state index in [1.165, 1.54) is 6.42 Å². The van der Waals surface area contributed by atoms with E-state index in [4.69, 9.17) is 0 Å². The van der Waals surface area contributed by atoms with E-state index in [1.807, 2.05) is 11.7 Å². The Morgan fingerprint density at radius 3 is 2.65 bits per heavy atom. The van der Waals surface area contributed by atoms with Gasteiger partial charge >= 0.3 is 0 Å². The van der Waals surface area contributed by atoms with Gasteiger partial charge in [0.1, 0.15) is 17.0 Å². The summed E-state index contributed by atoms with van der Waals surface area (Å²) in [7, 11) is 1.94. The maximum absolute atomic E-state index is 12.6. The van der Waals surface area contributed by atoms with Crippen molar-refractivity contribution in [1.29, 1.82) is 0 Å². The number of rotatable bonds is 2. The summed E-state index contributed by atoms with van der Waals surface area (Å²) in [5, 5.41) is 11.1. The highest BCUT2D eigenvalue weighted by molar-refractivity contribution is 6.06. The quantitative estimate of drug-likeness (QED) is 0.873. The molecule has 20 heavy (non-hydrogen) atoms. The van der Waals surface area contributed by atoms with Crippen LogP contribution in [0.5, 0.6) is 0 Å². The number of aryl methyl sites for hydroxylation is 2. The number of carbonyl (C=O) groups is 1. The predicted molar refractivity (Wildman–Crippen MR) is 79.8 cm³/mol. The zero-order chi connectivity index (χ0) is 14.3. The highest BCUT2D eigenvalue weighted by atomic mass is 16.2. The maximum atomic E-state index is 12.6. The Morgan fingerprint density at radius 2 is 2.05 bits per heavy atom. The molecule has 2 N–H and O–H groups in total. The molecule has 2 aliphatic rings. The second-order valence-electron chi connectivity index (χ2n) is 6.16. The van der Waals surface area contributed by atoms with E-state index in [9.17, 15) is 4.79 Å². The number of fused-ring (bicyclic) bond motifs is 1. The van der Waals surface area contributed by atoms with E-state index in [0.29, 0.717) is 0 Å². The van der Waals surface area contributed by atoms with E-state index >= 15 is 0 Å². The van der Waals surface area contributed by atoms with E-state index in [-0.39, 0.29) is 5.91 Å². The lowest BCUT2D eigenvalue weighted by molar-refractivity contribution is -0.121. The lowest BCUT2D eigenvalue weighted by Gasteiger charge is -2.42. The number of nitrogens with zero attached hydrogens (tertiary/aromatic N) is 2.